The Kier molecular flexibility index (Phi) is 5.00. The van der Waals surface area contributed by atoms with Crippen molar-refractivity contribution in [2.45, 2.75) is 19.9 Å². The van der Waals surface area contributed by atoms with Crippen molar-refractivity contribution in [1.82, 2.24) is 5.32 Å². The molecule has 0 aliphatic heterocycles. The summed E-state index contributed by atoms with van der Waals surface area (Å²) in [4.78, 5) is 12.3. The molecule has 0 unspecified atom stereocenters. The topological polar surface area (TPSA) is 29.1 Å². The van der Waals surface area contributed by atoms with Crippen LogP contribution >= 0.6 is 31.9 Å². The summed E-state index contributed by atoms with van der Waals surface area (Å²) in [6, 6.07) is 13.6. The van der Waals surface area contributed by atoms with Crippen LogP contribution in [0.1, 0.15) is 34.5 Å². The molecule has 20 heavy (non-hydrogen) atoms. The Labute approximate surface area is 135 Å². The first-order valence-electron chi connectivity index (χ1n) is 6.29. The van der Waals surface area contributed by atoms with E-state index in [1.165, 1.54) is 0 Å². The van der Waals surface area contributed by atoms with E-state index in [1.807, 2.05) is 56.3 Å². The molecule has 2 nitrogen and oxygen atoms in total. The zero-order valence-corrected chi connectivity index (χ0v) is 14.5. The molecule has 2 aromatic carbocycles. The second kappa shape index (κ2) is 6.55. The highest BCUT2D eigenvalue weighted by Gasteiger charge is 2.12. The highest BCUT2D eigenvalue weighted by molar-refractivity contribution is 9.10. The Bertz CT molecular complexity index is 603. The van der Waals surface area contributed by atoms with Gasteiger partial charge in [0.1, 0.15) is 0 Å². The zero-order valence-electron chi connectivity index (χ0n) is 11.3. The lowest BCUT2D eigenvalue weighted by atomic mass is 10.1. The number of rotatable bonds is 3. The van der Waals surface area contributed by atoms with Gasteiger partial charge in [-0.2, -0.15) is 0 Å². The minimum Gasteiger partial charge on any atom is -0.346 e. The zero-order chi connectivity index (χ0) is 14.7. The molecule has 1 N–H and O–H groups in total. The third kappa shape index (κ3) is 3.93. The van der Waals surface area contributed by atoms with Gasteiger partial charge >= 0.3 is 0 Å². The molecule has 0 aliphatic rings. The first-order chi connectivity index (χ1) is 9.45. The standard InChI is InChI=1S/C16H15Br2NO/c1-10-7-13(9-15(18)8-10)16(20)19-11(2)12-3-5-14(17)6-4-12/h3-9,11H,1-2H3,(H,19,20)/t11-/m0/s1. The maximum absolute atomic E-state index is 12.3. The number of halogens is 2. The predicted octanol–water partition coefficient (Wildman–Crippen LogP) is 5.01. The van der Waals surface area contributed by atoms with Crippen molar-refractivity contribution in [3.63, 3.8) is 0 Å². The van der Waals surface area contributed by atoms with E-state index in [0.29, 0.717) is 5.56 Å². The maximum atomic E-state index is 12.3. The second-order valence-electron chi connectivity index (χ2n) is 4.76. The first-order valence-corrected chi connectivity index (χ1v) is 7.88. The van der Waals surface area contributed by atoms with E-state index in [0.717, 1.165) is 20.1 Å². The van der Waals surface area contributed by atoms with Crippen LogP contribution in [0.15, 0.2) is 51.4 Å². The molecule has 0 spiro atoms. The molecule has 0 radical (unpaired) electrons. The Morgan fingerprint density at radius 1 is 1.05 bits per heavy atom. The second-order valence-corrected chi connectivity index (χ2v) is 6.60. The largest absolute Gasteiger partial charge is 0.346 e. The first kappa shape index (κ1) is 15.3. The van der Waals surface area contributed by atoms with E-state index < -0.39 is 0 Å². The molecule has 0 heterocycles. The van der Waals surface area contributed by atoms with Crippen LogP contribution in [-0.4, -0.2) is 5.91 Å². The van der Waals surface area contributed by atoms with Crippen LogP contribution in [0, 0.1) is 6.92 Å². The quantitative estimate of drug-likeness (QED) is 0.775. The summed E-state index contributed by atoms with van der Waals surface area (Å²) in [5, 5.41) is 3.01. The molecule has 0 fully saturated rings. The average molecular weight is 397 g/mol. The summed E-state index contributed by atoms with van der Waals surface area (Å²) in [6.07, 6.45) is 0. The summed E-state index contributed by atoms with van der Waals surface area (Å²) < 4.78 is 1.95. The van der Waals surface area contributed by atoms with Crippen LogP contribution in [0.2, 0.25) is 0 Å². The Balaban J connectivity index is 2.12. The fourth-order valence-corrected chi connectivity index (χ4v) is 2.85. The predicted molar refractivity (Wildman–Crippen MR) is 88.9 cm³/mol. The number of amides is 1. The van der Waals surface area contributed by atoms with Gasteiger partial charge in [0.2, 0.25) is 0 Å². The minimum atomic E-state index is -0.0650. The highest BCUT2D eigenvalue weighted by Crippen LogP contribution is 2.19. The van der Waals surface area contributed by atoms with Gasteiger partial charge < -0.3 is 5.32 Å². The smallest absolute Gasteiger partial charge is 0.251 e. The number of aryl methyl sites for hydroxylation is 1. The van der Waals surface area contributed by atoms with E-state index >= 15 is 0 Å². The van der Waals surface area contributed by atoms with Gasteiger partial charge in [-0.15, -0.1) is 0 Å². The van der Waals surface area contributed by atoms with Crippen molar-refractivity contribution in [2.75, 3.05) is 0 Å². The molecule has 0 aliphatic carbocycles. The van der Waals surface area contributed by atoms with Gasteiger partial charge in [-0.05, 0) is 55.3 Å². The molecule has 1 atom stereocenters. The molecule has 2 rings (SSSR count). The van der Waals surface area contributed by atoms with E-state index in [2.05, 4.69) is 37.2 Å². The van der Waals surface area contributed by atoms with Crippen LogP contribution in [0.4, 0.5) is 0 Å². The van der Waals surface area contributed by atoms with Gasteiger partial charge in [0.15, 0.2) is 0 Å². The Hall–Kier alpha value is -1.13. The van der Waals surface area contributed by atoms with Crippen LogP contribution < -0.4 is 5.32 Å². The number of hydrogen-bond donors (Lipinski definition) is 1. The van der Waals surface area contributed by atoms with Crippen molar-refractivity contribution in [3.05, 3.63) is 68.1 Å². The summed E-state index contributed by atoms with van der Waals surface area (Å²) in [7, 11) is 0. The lowest BCUT2D eigenvalue weighted by Gasteiger charge is -2.15. The van der Waals surface area contributed by atoms with Gasteiger partial charge in [-0.25, -0.2) is 0 Å². The van der Waals surface area contributed by atoms with Gasteiger partial charge in [-0.1, -0.05) is 44.0 Å². The number of benzene rings is 2. The monoisotopic (exact) mass is 395 g/mol. The molecule has 0 bridgehead atoms. The van der Waals surface area contributed by atoms with Crippen LogP contribution in [-0.2, 0) is 0 Å². The third-order valence-electron chi connectivity index (χ3n) is 3.02. The van der Waals surface area contributed by atoms with E-state index in [-0.39, 0.29) is 11.9 Å². The Morgan fingerprint density at radius 2 is 1.70 bits per heavy atom. The molecular formula is C16H15Br2NO. The number of carbonyl (C=O) groups excluding carboxylic acids is 1. The van der Waals surface area contributed by atoms with E-state index in [4.69, 9.17) is 0 Å². The fourth-order valence-electron chi connectivity index (χ4n) is 1.98. The van der Waals surface area contributed by atoms with Crippen LogP contribution in [0.3, 0.4) is 0 Å². The average Bonchev–Trinajstić information content (AvgIpc) is 2.38. The third-order valence-corrected chi connectivity index (χ3v) is 4.01. The summed E-state index contributed by atoms with van der Waals surface area (Å²) in [5.74, 6) is -0.0650. The minimum absolute atomic E-state index is 0.0325. The summed E-state index contributed by atoms with van der Waals surface area (Å²) in [5.41, 5.74) is 2.80. The van der Waals surface area contributed by atoms with Crippen LogP contribution in [0.25, 0.3) is 0 Å². The lowest BCUT2D eigenvalue weighted by molar-refractivity contribution is 0.0939. The molecule has 1 amide bonds. The number of hydrogen-bond acceptors (Lipinski definition) is 1. The van der Waals surface area contributed by atoms with E-state index in [1.54, 1.807) is 0 Å². The molecule has 0 saturated carbocycles. The van der Waals surface area contributed by atoms with Crippen LogP contribution in [0.5, 0.6) is 0 Å². The summed E-state index contributed by atoms with van der Waals surface area (Å²) >= 11 is 6.82. The van der Waals surface area contributed by atoms with Gasteiger partial charge in [0.25, 0.3) is 5.91 Å². The van der Waals surface area contributed by atoms with Crippen molar-refractivity contribution in [3.8, 4) is 0 Å². The highest BCUT2D eigenvalue weighted by atomic mass is 79.9. The van der Waals surface area contributed by atoms with E-state index in [9.17, 15) is 4.79 Å². The molecule has 2 aromatic rings. The lowest BCUT2D eigenvalue weighted by Crippen LogP contribution is -2.26. The molecule has 4 heteroatoms. The van der Waals surface area contributed by atoms with Gasteiger partial charge in [0.05, 0.1) is 6.04 Å². The normalized spacial score (nSPS) is 12.0. The fraction of sp³-hybridized carbons (Fsp3) is 0.188. The van der Waals surface area contributed by atoms with Gasteiger partial charge in [0, 0.05) is 14.5 Å². The number of nitrogens with one attached hydrogen (secondary N) is 1. The van der Waals surface area contributed by atoms with Gasteiger partial charge in [-0.3, -0.25) is 4.79 Å². The molecular weight excluding hydrogens is 382 g/mol. The van der Waals surface area contributed by atoms with Crippen molar-refractivity contribution < 1.29 is 4.79 Å². The van der Waals surface area contributed by atoms with Crippen molar-refractivity contribution in [1.29, 1.82) is 0 Å². The van der Waals surface area contributed by atoms with Crippen molar-refractivity contribution >= 4 is 37.8 Å². The Morgan fingerprint density at radius 3 is 2.30 bits per heavy atom. The molecule has 104 valence electrons. The van der Waals surface area contributed by atoms with Crippen molar-refractivity contribution in [2.24, 2.45) is 0 Å². The summed E-state index contributed by atoms with van der Waals surface area (Å²) in [6.45, 7) is 3.95. The molecule has 0 saturated heterocycles. The molecule has 0 aromatic heterocycles. The SMILES string of the molecule is Cc1cc(Br)cc(C(=O)N[C@@H](C)c2ccc(Br)cc2)c1. The number of carbonyl (C=O) groups is 1. The maximum Gasteiger partial charge on any atom is 0.251 e.